The van der Waals surface area contributed by atoms with Gasteiger partial charge < -0.3 is 9.64 Å². The van der Waals surface area contributed by atoms with Gasteiger partial charge in [0.25, 0.3) is 10.0 Å². The van der Waals surface area contributed by atoms with Gasteiger partial charge in [0, 0.05) is 41.6 Å². The predicted molar refractivity (Wildman–Crippen MR) is 111 cm³/mol. The number of hydrogen-bond donors (Lipinski definition) is 0. The molecule has 1 fully saturated rings. The SMILES string of the molecule is COC(=O)c1csc(S(=O)(=O)N2CCN(C(=O)Cc3ccc(Cl)cc3Cl)CC2)c1. The van der Waals surface area contributed by atoms with Crippen molar-refractivity contribution in [2.45, 2.75) is 10.6 Å². The molecule has 1 aromatic heterocycles. The molecule has 1 amide bonds. The highest BCUT2D eigenvalue weighted by Gasteiger charge is 2.31. The second kappa shape index (κ2) is 9.01. The minimum absolute atomic E-state index is 0.0747. The minimum Gasteiger partial charge on any atom is -0.465 e. The number of sulfonamides is 1. The molecular formula is C18H18Cl2N2O5S2. The molecule has 0 spiro atoms. The summed E-state index contributed by atoms with van der Waals surface area (Å²) in [7, 11) is -2.49. The van der Waals surface area contributed by atoms with E-state index in [1.807, 2.05) is 0 Å². The Labute approximate surface area is 182 Å². The molecule has 1 aromatic carbocycles. The lowest BCUT2D eigenvalue weighted by molar-refractivity contribution is -0.131. The summed E-state index contributed by atoms with van der Waals surface area (Å²) in [5.41, 5.74) is 0.870. The summed E-state index contributed by atoms with van der Waals surface area (Å²) in [6, 6.07) is 6.27. The molecule has 0 saturated carbocycles. The molecule has 7 nitrogen and oxygen atoms in total. The molecule has 0 aliphatic carbocycles. The third-order valence-electron chi connectivity index (χ3n) is 4.54. The van der Waals surface area contributed by atoms with E-state index in [1.54, 1.807) is 23.1 Å². The zero-order valence-corrected chi connectivity index (χ0v) is 18.6. The van der Waals surface area contributed by atoms with Gasteiger partial charge >= 0.3 is 5.97 Å². The van der Waals surface area contributed by atoms with Crippen LogP contribution in [0.15, 0.2) is 33.9 Å². The summed E-state index contributed by atoms with van der Waals surface area (Å²) >= 11 is 13.0. The van der Waals surface area contributed by atoms with E-state index < -0.39 is 16.0 Å². The summed E-state index contributed by atoms with van der Waals surface area (Å²) in [4.78, 5) is 25.7. The maximum atomic E-state index is 12.8. The van der Waals surface area contributed by atoms with Crippen LogP contribution in [0.1, 0.15) is 15.9 Å². The van der Waals surface area contributed by atoms with Gasteiger partial charge in [-0.3, -0.25) is 4.79 Å². The van der Waals surface area contributed by atoms with E-state index in [9.17, 15) is 18.0 Å². The Morgan fingerprint density at radius 3 is 2.45 bits per heavy atom. The molecule has 0 radical (unpaired) electrons. The van der Waals surface area contributed by atoms with Crippen molar-refractivity contribution >= 4 is 56.4 Å². The van der Waals surface area contributed by atoms with Gasteiger partial charge in [-0.15, -0.1) is 11.3 Å². The van der Waals surface area contributed by atoms with Crippen LogP contribution < -0.4 is 0 Å². The van der Waals surface area contributed by atoms with Crippen LogP contribution in [0.5, 0.6) is 0 Å². The largest absolute Gasteiger partial charge is 0.465 e. The Hall–Kier alpha value is -1.65. The first-order chi connectivity index (χ1) is 13.7. The van der Waals surface area contributed by atoms with Gasteiger partial charge in [0.05, 0.1) is 19.1 Å². The predicted octanol–water partition coefficient (Wildman–Crippen LogP) is 2.92. The van der Waals surface area contributed by atoms with E-state index in [0.29, 0.717) is 15.6 Å². The van der Waals surface area contributed by atoms with Crippen LogP contribution in [0.25, 0.3) is 0 Å². The Morgan fingerprint density at radius 2 is 1.83 bits per heavy atom. The van der Waals surface area contributed by atoms with Crippen LogP contribution in [0.4, 0.5) is 0 Å². The zero-order valence-electron chi connectivity index (χ0n) is 15.4. The van der Waals surface area contributed by atoms with E-state index in [-0.39, 0.29) is 48.3 Å². The van der Waals surface area contributed by atoms with E-state index in [1.165, 1.54) is 22.9 Å². The standard InChI is InChI=1S/C18H18Cl2N2O5S2/c1-27-18(24)13-9-17(28-11-13)29(25,26)22-6-4-21(5-7-22)16(23)8-12-2-3-14(19)10-15(12)20/h2-3,9-11H,4-8H2,1H3. The van der Waals surface area contributed by atoms with E-state index in [0.717, 1.165) is 11.3 Å². The first-order valence-corrected chi connectivity index (χ1v) is 11.7. The van der Waals surface area contributed by atoms with Crippen molar-refractivity contribution in [1.82, 2.24) is 9.21 Å². The minimum atomic E-state index is -3.73. The lowest BCUT2D eigenvalue weighted by Crippen LogP contribution is -2.50. The van der Waals surface area contributed by atoms with Crippen molar-refractivity contribution in [2.24, 2.45) is 0 Å². The lowest BCUT2D eigenvalue weighted by Gasteiger charge is -2.33. The van der Waals surface area contributed by atoms with Crippen molar-refractivity contribution in [1.29, 1.82) is 0 Å². The molecule has 11 heteroatoms. The topological polar surface area (TPSA) is 84.0 Å². The van der Waals surface area contributed by atoms with Gasteiger partial charge in [0.1, 0.15) is 4.21 Å². The molecule has 2 heterocycles. The van der Waals surface area contributed by atoms with Crippen LogP contribution in [-0.2, 0) is 26.0 Å². The number of hydrogen-bond acceptors (Lipinski definition) is 6. The third-order valence-corrected chi connectivity index (χ3v) is 8.44. The number of thiophene rings is 1. The van der Waals surface area contributed by atoms with Gasteiger partial charge in [0.15, 0.2) is 0 Å². The van der Waals surface area contributed by atoms with Gasteiger partial charge in [-0.1, -0.05) is 29.3 Å². The number of halogens is 2. The maximum Gasteiger partial charge on any atom is 0.338 e. The van der Waals surface area contributed by atoms with Crippen LogP contribution >= 0.6 is 34.5 Å². The summed E-state index contributed by atoms with van der Waals surface area (Å²) in [5, 5.41) is 2.37. The zero-order chi connectivity index (χ0) is 21.2. The number of esters is 1. The molecule has 0 unspecified atom stereocenters. The van der Waals surface area contributed by atoms with E-state index in [4.69, 9.17) is 23.2 Å². The van der Waals surface area contributed by atoms with Gasteiger partial charge in [-0.2, -0.15) is 4.31 Å². The molecule has 1 aliphatic rings. The number of carbonyl (C=O) groups excluding carboxylic acids is 2. The monoisotopic (exact) mass is 476 g/mol. The number of benzene rings is 1. The van der Waals surface area contributed by atoms with Crippen molar-refractivity contribution in [3.8, 4) is 0 Å². The fraction of sp³-hybridized carbons (Fsp3) is 0.333. The fourth-order valence-electron chi connectivity index (χ4n) is 2.92. The molecule has 0 N–H and O–H groups in total. The summed E-state index contributed by atoms with van der Waals surface area (Å²) < 4.78 is 31.6. The smallest absolute Gasteiger partial charge is 0.338 e. The number of piperazine rings is 1. The fourth-order valence-corrected chi connectivity index (χ4v) is 6.12. The number of amides is 1. The van der Waals surface area contributed by atoms with Gasteiger partial charge in [0.2, 0.25) is 5.91 Å². The first-order valence-electron chi connectivity index (χ1n) is 8.61. The van der Waals surface area contributed by atoms with Crippen molar-refractivity contribution in [3.63, 3.8) is 0 Å². The molecule has 2 aromatic rings. The average molecular weight is 477 g/mol. The average Bonchev–Trinajstić information content (AvgIpc) is 3.20. The molecule has 29 heavy (non-hydrogen) atoms. The molecule has 0 atom stereocenters. The Morgan fingerprint density at radius 1 is 1.14 bits per heavy atom. The highest BCUT2D eigenvalue weighted by Crippen LogP contribution is 2.26. The number of carbonyl (C=O) groups is 2. The van der Waals surface area contributed by atoms with Crippen molar-refractivity contribution in [3.05, 3.63) is 50.8 Å². The highest BCUT2D eigenvalue weighted by molar-refractivity contribution is 7.91. The molecular weight excluding hydrogens is 459 g/mol. The van der Waals surface area contributed by atoms with Crippen LogP contribution in [-0.4, -0.2) is 62.8 Å². The van der Waals surface area contributed by atoms with Gasteiger partial charge in [-0.05, 0) is 23.8 Å². The highest BCUT2D eigenvalue weighted by atomic mass is 35.5. The molecule has 1 aliphatic heterocycles. The van der Waals surface area contributed by atoms with E-state index >= 15 is 0 Å². The van der Waals surface area contributed by atoms with Crippen molar-refractivity contribution < 1.29 is 22.7 Å². The Bertz CT molecular complexity index is 1030. The number of ether oxygens (including phenoxy) is 1. The second-order valence-corrected chi connectivity index (χ2v) is 10.3. The van der Waals surface area contributed by atoms with E-state index in [2.05, 4.69) is 4.74 Å². The summed E-state index contributed by atoms with van der Waals surface area (Å²) in [6.45, 7) is 0.902. The maximum absolute atomic E-state index is 12.8. The van der Waals surface area contributed by atoms with Gasteiger partial charge in [-0.25, -0.2) is 13.2 Å². The number of methoxy groups -OCH3 is 1. The number of rotatable bonds is 5. The third kappa shape index (κ3) is 4.92. The van der Waals surface area contributed by atoms with Crippen molar-refractivity contribution in [2.75, 3.05) is 33.3 Å². The lowest BCUT2D eigenvalue weighted by atomic mass is 10.1. The molecule has 1 saturated heterocycles. The second-order valence-electron chi connectivity index (χ2n) is 6.34. The Balaban J connectivity index is 1.62. The number of nitrogens with zero attached hydrogens (tertiary/aromatic N) is 2. The Kier molecular flexibility index (Phi) is 6.85. The van der Waals surface area contributed by atoms with Crippen LogP contribution in [0.2, 0.25) is 10.0 Å². The molecule has 0 bridgehead atoms. The molecule has 3 rings (SSSR count). The summed E-state index contributed by atoms with van der Waals surface area (Å²) in [6.07, 6.45) is 0.121. The summed E-state index contributed by atoms with van der Waals surface area (Å²) in [5.74, 6) is -0.714. The molecule has 156 valence electrons. The first kappa shape index (κ1) is 22.0. The normalized spacial score (nSPS) is 15.3. The quantitative estimate of drug-likeness (QED) is 0.619. The van der Waals surface area contributed by atoms with Crippen LogP contribution in [0.3, 0.4) is 0 Å². The van der Waals surface area contributed by atoms with Crippen LogP contribution in [0, 0.1) is 0 Å².